The van der Waals surface area contributed by atoms with Gasteiger partial charge in [0.2, 0.25) is 0 Å². The van der Waals surface area contributed by atoms with Gasteiger partial charge in [0.25, 0.3) is 18.7 Å². The van der Waals surface area contributed by atoms with Crippen molar-refractivity contribution in [3.8, 4) is 5.75 Å². The van der Waals surface area contributed by atoms with Gasteiger partial charge in [-0.3, -0.25) is 14.5 Å². The molecule has 0 radical (unpaired) electrons. The van der Waals surface area contributed by atoms with Crippen molar-refractivity contribution in [2.45, 2.75) is 19.8 Å². The molecule has 3 amide bonds. The van der Waals surface area contributed by atoms with Gasteiger partial charge in [-0.15, -0.1) is 0 Å². The third-order valence-corrected chi connectivity index (χ3v) is 5.24. The van der Waals surface area contributed by atoms with Gasteiger partial charge in [0.05, 0.1) is 6.61 Å². The third kappa shape index (κ3) is 4.43. The Morgan fingerprint density at radius 2 is 1.81 bits per heavy atom. The lowest BCUT2D eigenvalue weighted by Gasteiger charge is -2.27. The van der Waals surface area contributed by atoms with Crippen LogP contribution in [0.1, 0.15) is 12.5 Å². The van der Waals surface area contributed by atoms with Crippen molar-refractivity contribution >= 4 is 23.4 Å². The lowest BCUT2D eigenvalue weighted by molar-refractivity contribution is -0.509. The molecule has 0 aromatic heterocycles. The summed E-state index contributed by atoms with van der Waals surface area (Å²) in [7, 11) is 0. The Labute approximate surface area is 184 Å². The van der Waals surface area contributed by atoms with E-state index in [4.69, 9.17) is 4.74 Å². The number of ether oxygens (including phenoxy) is 1. The van der Waals surface area contributed by atoms with Crippen molar-refractivity contribution in [1.29, 1.82) is 0 Å². The van der Waals surface area contributed by atoms with Crippen LogP contribution in [0.5, 0.6) is 5.75 Å². The van der Waals surface area contributed by atoms with E-state index in [-0.39, 0.29) is 18.9 Å². The summed E-state index contributed by atoms with van der Waals surface area (Å²) in [5.74, 6) is -1.64. The summed E-state index contributed by atoms with van der Waals surface area (Å²) in [5, 5.41) is 7.03. The molecule has 0 saturated carbocycles. The smallest absolute Gasteiger partial charge is 0.494 e. The molecule has 0 aliphatic carbocycles. The predicted octanol–water partition coefficient (Wildman–Crippen LogP) is 1.48. The van der Waals surface area contributed by atoms with Gasteiger partial charge < -0.3 is 15.0 Å². The van der Waals surface area contributed by atoms with E-state index in [1.54, 1.807) is 12.1 Å². The molecule has 1 unspecified atom stereocenters. The van der Waals surface area contributed by atoms with E-state index < -0.39 is 24.0 Å². The van der Waals surface area contributed by atoms with E-state index in [1.807, 2.05) is 36.1 Å². The Bertz CT molecular complexity index is 1050. The number of halogens is 1. The molecule has 0 bridgehead atoms. The maximum absolute atomic E-state index is 13.0. The summed E-state index contributed by atoms with van der Waals surface area (Å²) < 4.78 is 19.4. The molecule has 1 N–H and O–H groups in total. The maximum Gasteiger partial charge on any atom is 0.502 e. The molecule has 2 aromatic rings. The lowest BCUT2D eigenvalue weighted by atomic mass is 10.2. The van der Waals surface area contributed by atoms with Gasteiger partial charge in [-0.25, -0.2) is 9.18 Å². The van der Waals surface area contributed by atoms with Crippen LogP contribution in [-0.2, 0) is 20.9 Å². The molecule has 2 aromatic carbocycles. The highest BCUT2D eigenvalue weighted by atomic mass is 19.1. The highest BCUT2D eigenvalue weighted by Gasteiger charge is 2.49. The first-order chi connectivity index (χ1) is 15.5. The Kier molecular flexibility index (Phi) is 6.11. The van der Waals surface area contributed by atoms with Crippen LogP contribution in [0.25, 0.3) is 0 Å². The largest absolute Gasteiger partial charge is 0.502 e. The fourth-order valence-corrected chi connectivity index (χ4v) is 3.63. The van der Waals surface area contributed by atoms with Crippen LogP contribution < -0.4 is 15.0 Å². The van der Waals surface area contributed by atoms with Gasteiger partial charge in [-0.2, -0.15) is 0 Å². The van der Waals surface area contributed by atoms with Crippen LogP contribution in [-0.4, -0.2) is 59.8 Å². The number of benzene rings is 2. The van der Waals surface area contributed by atoms with Crippen molar-refractivity contribution in [3.05, 3.63) is 59.9 Å². The Morgan fingerprint density at radius 3 is 2.50 bits per heavy atom. The van der Waals surface area contributed by atoms with E-state index in [0.717, 1.165) is 16.1 Å². The topological polar surface area (TPSA) is 94.3 Å². The third-order valence-electron chi connectivity index (χ3n) is 5.24. The zero-order chi connectivity index (χ0) is 22.7. The van der Waals surface area contributed by atoms with Crippen LogP contribution in [0.2, 0.25) is 0 Å². The number of azo groups is 2. The number of hydrogen-bond acceptors (Lipinski definition) is 6. The maximum atomic E-state index is 13.0. The van der Waals surface area contributed by atoms with Crippen LogP contribution in [0, 0.1) is 5.82 Å². The summed E-state index contributed by atoms with van der Waals surface area (Å²) in [4.78, 5) is 40.7. The summed E-state index contributed by atoms with van der Waals surface area (Å²) in [6.45, 7) is 3.11. The lowest BCUT2D eigenvalue weighted by Crippen LogP contribution is -2.53. The first kappa shape index (κ1) is 21.4. The Balaban J connectivity index is 1.46. The number of fused-ring (bicyclic) bond motifs is 1. The Hall–Kier alpha value is -3.82. The van der Waals surface area contributed by atoms with E-state index in [0.29, 0.717) is 25.3 Å². The SMILES string of the molecule is CCOc1ccc(N2CCN3C(=O)C(=O)[N+](CC(=O)NCc4ccc(F)cc4)=NC32)cc1. The molecule has 1 atom stereocenters. The number of nitrogens with one attached hydrogen (secondary N) is 1. The summed E-state index contributed by atoms with van der Waals surface area (Å²) >= 11 is 0. The number of anilines is 1. The van der Waals surface area contributed by atoms with Gasteiger partial charge in [-0.1, -0.05) is 12.1 Å². The normalized spacial score (nSPS) is 17.8. The van der Waals surface area contributed by atoms with Crippen LogP contribution in [0.15, 0.2) is 53.6 Å². The molecule has 0 spiro atoms. The molecule has 2 aliphatic rings. The van der Waals surface area contributed by atoms with E-state index >= 15 is 0 Å². The zero-order valence-electron chi connectivity index (χ0n) is 17.5. The van der Waals surface area contributed by atoms with Gasteiger partial charge in [0.1, 0.15) is 11.6 Å². The minimum Gasteiger partial charge on any atom is -0.494 e. The molecular formula is C22H23FN5O4+. The van der Waals surface area contributed by atoms with Gasteiger partial charge in [0, 0.05) is 30.4 Å². The van der Waals surface area contributed by atoms with Gasteiger partial charge in [-0.05, 0) is 53.6 Å². The van der Waals surface area contributed by atoms with Crippen molar-refractivity contribution in [1.82, 2.24) is 10.2 Å². The molecule has 32 heavy (non-hydrogen) atoms. The number of rotatable bonds is 7. The van der Waals surface area contributed by atoms with Crippen LogP contribution >= 0.6 is 0 Å². The number of nitrogens with zero attached hydrogens (tertiary/aromatic N) is 4. The second-order valence-corrected chi connectivity index (χ2v) is 7.35. The van der Waals surface area contributed by atoms with E-state index in [2.05, 4.69) is 10.4 Å². The average molecular weight is 440 g/mol. The molecule has 1 fully saturated rings. The highest BCUT2D eigenvalue weighted by Crippen LogP contribution is 2.28. The standard InChI is InChI=1S/C22H22FN5O4/c1-2-32-18-9-7-17(8-10-18)26-11-12-27-20(30)21(31)28(25-22(26)27)14-19(29)24-13-15-3-5-16(23)6-4-15/h3-10,22H,2,11-14H2,1H3/p+1. The minimum atomic E-state index is -0.841. The molecule has 2 heterocycles. The minimum absolute atomic E-state index is 0.170. The van der Waals surface area contributed by atoms with E-state index in [9.17, 15) is 18.8 Å². The van der Waals surface area contributed by atoms with Crippen LogP contribution in [0.3, 0.4) is 0 Å². The van der Waals surface area contributed by atoms with Crippen molar-refractivity contribution in [3.63, 3.8) is 0 Å². The predicted molar refractivity (Wildman–Crippen MR) is 111 cm³/mol. The molecule has 166 valence electrons. The number of amides is 3. The summed E-state index contributed by atoms with van der Waals surface area (Å²) in [6.07, 6.45) is -0.706. The van der Waals surface area contributed by atoms with E-state index in [1.165, 1.54) is 17.0 Å². The molecule has 9 nitrogen and oxygen atoms in total. The molecule has 10 heteroatoms. The van der Waals surface area contributed by atoms with Crippen molar-refractivity contribution < 1.29 is 28.2 Å². The van der Waals surface area contributed by atoms with Crippen molar-refractivity contribution in [2.75, 3.05) is 31.1 Å². The second-order valence-electron chi connectivity index (χ2n) is 7.35. The fraction of sp³-hybridized carbons (Fsp3) is 0.318. The summed E-state index contributed by atoms with van der Waals surface area (Å²) in [6, 6.07) is 13.1. The highest BCUT2D eigenvalue weighted by molar-refractivity contribution is 6.31. The quantitative estimate of drug-likeness (QED) is 0.520. The molecule has 2 aliphatic heterocycles. The van der Waals surface area contributed by atoms with Crippen molar-refractivity contribution in [2.24, 2.45) is 5.11 Å². The number of carbonyl (C=O) groups excluding carboxylic acids is 3. The number of hydrogen-bond donors (Lipinski definition) is 1. The fourth-order valence-electron chi connectivity index (χ4n) is 3.63. The average Bonchev–Trinajstić information content (AvgIpc) is 3.21. The summed E-state index contributed by atoms with van der Waals surface area (Å²) in [5.41, 5.74) is 1.54. The molecule has 1 saturated heterocycles. The number of carbonyl (C=O) groups is 3. The zero-order valence-corrected chi connectivity index (χ0v) is 17.5. The Morgan fingerprint density at radius 1 is 1.12 bits per heavy atom. The first-order valence-corrected chi connectivity index (χ1v) is 10.3. The molecular weight excluding hydrogens is 417 g/mol. The first-order valence-electron chi connectivity index (χ1n) is 10.3. The second kappa shape index (κ2) is 9.13. The van der Waals surface area contributed by atoms with Crippen LogP contribution in [0.4, 0.5) is 10.1 Å². The monoisotopic (exact) mass is 440 g/mol. The van der Waals surface area contributed by atoms with Gasteiger partial charge in [0.15, 0.2) is 0 Å². The molecule has 4 rings (SSSR count). The van der Waals surface area contributed by atoms with Gasteiger partial charge >= 0.3 is 11.8 Å².